The van der Waals surface area contributed by atoms with Crippen LogP contribution in [0.15, 0.2) is 0 Å². The summed E-state index contributed by atoms with van der Waals surface area (Å²) in [5.74, 6) is -0.0641. The highest BCUT2D eigenvalue weighted by Crippen LogP contribution is 2.29. The number of hydrogen-bond acceptors (Lipinski definition) is 4. The van der Waals surface area contributed by atoms with E-state index < -0.39 is 0 Å². The Morgan fingerprint density at radius 1 is 1.24 bits per heavy atom. The SMILES string of the molecule is CCOC(=O)CN(CC(C)C)C(=O)CC1(N)CCCCC1. The highest BCUT2D eigenvalue weighted by Gasteiger charge is 2.32. The summed E-state index contributed by atoms with van der Waals surface area (Å²) >= 11 is 0. The van der Waals surface area contributed by atoms with Gasteiger partial charge in [-0.2, -0.15) is 0 Å². The molecule has 5 nitrogen and oxygen atoms in total. The van der Waals surface area contributed by atoms with Gasteiger partial charge in [0.2, 0.25) is 5.91 Å². The van der Waals surface area contributed by atoms with Gasteiger partial charge in [0.15, 0.2) is 0 Å². The van der Waals surface area contributed by atoms with E-state index in [1.807, 2.05) is 13.8 Å². The summed E-state index contributed by atoms with van der Waals surface area (Å²) < 4.78 is 4.96. The van der Waals surface area contributed by atoms with Gasteiger partial charge in [0, 0.05) is 18.5 Å². The molecular weight excluding hydrogens is 268 g/mol. The van der Waals surface area contributed by atoms with Gasteiger partial charge in [-0.1, -0.05) is 33.1 Å². The first-order chi connectivity index (χ1) is 9.86. The van der Waals surface area contributed by atoms with E-state index in [2.05, 4.69) is 0 Å². The number of carbonyl (C=O) groups is 2. The van der Waals surface area contributed by atoms with E-state index in [1.165, 1.54) is 6.42 Å². The molecule has 21 heavy (non-hydrogen) atoms. The molecule has 2 N–H and O–H groups in total. The van der Waals surface area contributed by atoms with Crippen LogP contribution in [0.25, 0.3) is 0 Å². The molecule has 1 fully saturated rings. The average molecular weight is 298 g/mol. The molecular formula is C16H30N2O3. The Kier molecular flexibility index (Phi) is 7.15. The maximum Gasteiger partial charge on any atom is 0.325 e. The lowest BCUT2D eigenvalue weighted by Crippen LogP contribution is -2.48. The summed E-state index contributed by atoms with van der Waals surface area (Å²) in [4.78, 5) is 25.8. The molecule has 0 aromatic heterocycles. The summed E-state index contributed by atoms with van der Waals surface area (Å²) in [6, 6.07) is 0. The molecule has 0 aromatic carbocycles. The fourth-order valence-corrected chi connectivity index (χ4v) is 2.90. The van der Waals surface area contributed by atoms with Crippen molar-refractivity contribution in [2.75, 3.05) is 19.7 Å². The molecule has 1 aliphatic carbocycles. The van der Waals surface area contributed by atoms with Crippen LogP contribution in [0, 0.1) is 5.92 Å². The van der Waals surface area contributed by atoms with Crippen LogP contribution in [-0.2, 0) is 14.3 Å². The summed E-state index contributed by atoms with van der Waals surface area (Å²) in [6.45, 7) is 6.76. The van der Waals surface area contributed by atoms with Crippen LogP contribution < -0.4 is 5.73 Å². The van der Waals surface area contributed by atoms with Crippen LogP contribution in [0.2, 0.25) is 0 Å². The first kappa shape index (κ1) is 18.0. The van der Waals surface area contributed by atoms with Gasteiger partial charge in [0.1, 0.15) is 6.54 Å². The number of nitrogens with zero attached hydrogens (tertiary/aromatic N) is 1. The van der Waals surface area contributed by atoms with Crippen LogP contribution in [0.4, 0.5) is 0 Å². The monoisotopic (exact) mass is 298 g/mol. The Labute approximate surface area is 128 Å². The van der Waals surface area contributed by atoms with Crippen molar-refractivity contribution in [3.63, 3.8) is 0 Å². The second kappa shape index (κ2) is 8.37. The highest BCUT2D eigenvalue weighted by atomic mass is 16.5. The third-order valence-corrected chi connectivity index (χ3v) is 3.92. The summed E-state index contributed by atoms with van der Waals surface area (Å²) in [5.41, 5.74) is 5.96. The number of carbonyl (C=O) groups excluding carboxylic acids is 2. The molecule has 5 heteroatoms. The number of esters is 1. The highest BCUT2D eigenvalue weighted by molar-refractivity contribution is 5.82. The maximum absolute atomic E-state index is 12.5. The smallest absolute Gasteiger partial charge is 0.325 e. The normalized spacial score (nSPS) is 17.6. The molecule has 0 aromatic rings. The Hall–Kier alpha value is -1.10. The van der Waals surface area contributed by atoms with Crippen molar-refractivity contribution in [2.24, 2.45) is 11.7 Å². The Morgan fingerprint density at radius 2 is 1.86 bits per heavy atom. The second-order valence-electron chi connectivity index (χ2n) is 6.57. The number of hydrogen-bond donors (Lipinski definition) is 1. The number of amides is 1. The molecule has 0 radical (unpaired) electrons. The van der Waals surface area contributed by atoms with Crippen molar-refractivity contribution in [1.82, 2.24) is 4.90 Å². The number of nitrogens with two attached hydrogens (primary N) is 1. The summed E-state index contributed by atoms with van der Waals surface area (Å²) in [7, 11) is 0. The van der Waals surface area contributed by atoms with E-state index >= 15 is 0 Å². The van der Waals surface area contributed by atoms with E-state index in [-0.39, 0.29) is 24.0 Å². The van der Waals surface area contributed by atoms with Gasteiger partial charge >= 0.3 is 5.97 Å². The van der Waals surface area contributed by atoms with E-state index in [0.717, 1.165) is 25.7 Å². The second-order valence-corrected chi connectivity index (χ2v) is 6.57. The van der Waals surface area contributed by atoms with Gasteiger partial charge in [0.25, 0.3) is 0 Å². The summed E-state index contributed by atoms with van der Waals surface area (Å²) in [6.07, 6.45) is 5.50. The van der Waals surface area contributed by atoms with Gasteiger partial charge in [-0.15, -0.1) is 0 Å². The standard InChI is InChI=1S/C16H30N2O3/c1-4-21-15(20)12-18(11-13(2)3)14(19)10-16(17)8-6-5-7-9-16/h13H,4-12,17H2,1-3H3. The topological polar surface area (TPSA) is 72.6 Å². The summed E-state index contributed by atoms with van der Waals surface area (Å²) in [5, 5.41) is 0. The molecule has 0 saturated heterocycles. The van der Waals surface area contributed by atoms with Crippen molar-refractivity contribution in [2.45, 2.75) is 64.8 Å². The number of ether oxygens (including phenoxy) is 1. The largest absolute Gasteiger partial charge is 0.465 e. The molecule has 0 aliphatic heterocycles. The third kappa shape index (κ3) is 6.46. The van der Waals surface area contributed by atoms with Gasteiger partial charge < -0.3 is 15.4 Å². The molecule has 1 amide bonds. The van der Waals surface area contributed by atoms with Gasteiger partial charge in [-0.3, -0.25) is 9.59 Å². The zero-order valence-electron chi connectivity index (χ0n) is 13.7. The first-order valence-corrected chi connectivity index (χ1v) is 8.08. The fourth-order valence-electron chi connectivity index (χ4n) is 2.90. The average Bonchev–Trinajstić information content (AvgIpc) is 2.38. The zero-order chi connectivity index (χ0) is 15.9. The van der Waals surface area contributed by atoms with Gasteiger partial charge in [-0.25, -0.2) is 0 Å². The van der Waals surface area contributed by atoms with Crippen molar-refractivity contribution in [3.8, 4) is 0 Å². The molecule has 122 valence electrons. The Morgan fingerprint density at radius 3 is 2.38 bits per heavy atom. The predicted octanol–water partition coefficient (Wildman–Crippen LogP) is 2.09. The van der Waals surface area contributed by atoms with E-state index in [0.29, 0.717) is 25.5 Å². The minimum Gasteiger partial charge on any atom is -0.465 e. The van der Waals surface area contributed by atoms with Gasteiger partial charge in [0.05, 0.1) is 6.61 Å². The van der Waals surface area contributed by atoms with Crippen LogP contribution in [0.3, 0.4) is 0 Å². The first-order valence-electron chi connectivity index (χ1n) is 8.08. The molecule has 1 saturated carbocycles. The lowest BCUT2D eigenvalue weighted by molar-refractivity contribution is -0.149. The van der Waals surface area contributed by atoms with E-state index in [4.69, 9.17) is 10.5 Å². The van der Waals surface area contributed by atoms with Gasteiger partial charge in [-0.05, 0) is 25.7 Å². The maximum atomic E-state index is 12.5. The quantitative estimate of drug-likeness (QED) is 0.730. The lowest BCUT2D eigenvalue weighted by atomic mass is 9.80. The molecule has 1 rings (SSSR count). The molecule has 1 aliphatic rings. The Balaban J connectivity index is 2.63. The molecule has 0 spiro atoms. The van der Waals surface area contributed by atoms with Crippen molar-refractivity contribution < 1.29 is 14.3 Å². The number of rotatable bonds is 7. The molecule has 0 unspecified atom stereocenters. The molecule has 0 atom stereocenters. The van der Waals surface area contributed by atoms with Crippen molar-refractivity contribution >= 4 is 11.9 Å². The fraction of sp³-hybridized carbons (Fsp3) is 0.875. The third-order valence-electron chi connectivity index (χ3n) is 3.92. The predicted molar refractivity (Wildman–Crippen MR) is 82.7 cm³/mol. The van der Waals surface area contributed by atoms with E-state index in [1.54, 1.807) is 11.8 Å². The minimum atomic E-state index is -0.390. The minimum absolute atomic E-state index is 0.0267. The van der Waals surface area contributed by atoms with E-state index in [9.17, 15) is 9.59 Å². The van der Waals surface area contributed by atoms with Crippen LogP contribution in [0.5, 0.6) is 0 Å². The van der Waals surface area contributed by atoms with Crippen LogP contribution >= 0.6 is 0 Å². The molecule has 0 bridgehead atoms. The van der Waals surface area contributed by atoms with Crippen molar-refractivity contribution in [3.05, 3.63) is 0 Å². The zero-order valence-corrected chi connectivity index (χ0v) is 13.7. The van der Waals surface area contributed by atoms with Crippen LogP contribution in [0.1, 0.15) is 59.3 Å². The molecule has 0 heterocycles. The van der Waals surface area contributed by atoms with Crippen molar-refractivity contribution in [1.29, 1.82) is 0 Å². The lowest BCUT2D eigenvalue weighted by Gasteiger charge is -2.35. The van der Waals surface area contributed by atoms with Crippen LogP contribution in [-0.4, -0.2) is 42.0 Å². The Bertz CT molecular complexity index is 349.